The number of esters is 1. The van der Waals surface area contributed by atoms with E-state index in [0.717, 1.165) is 42.1 Å². The highest BCUT2D eigenvalue weighted by atomic mass is 127. The lowest BCUT2D eigenvalue weighted by Gasteiger charge is -2.28. The number of aromatic nitrogens is 1. The molecule has 1 unspecified atom stereocenters. The summed E-state index contributed by atoms with van der Waals surface area (Å²) in [4.78, 5) is 24.3. The number of carbonyl (C=O) groups excluding carboxylic acids is 1. The number of hydrogen-bond donors (Lipinski definition) is 2. The SMILES string of the molecule is CCNC(=NCCC1CCN(C)CC1)NC(C)c1nc(C)c(C(=O)OCC)s1.I. The molecule has 0 amide bonds. The predicted octanol–water partition coefficient (Wildman–Crippen LogP) is 3.59. The van der Waals surface area contributed by atoms with Crippen molar-refractivity contribution in [2.75, 3.05) is 39.8 Å². The number of guanidine groups is 1. The van der Waals surface area contributed by atoms with E-state index >= 15 is 0 Å². The average molecular weight is 538 g/mol. The van der Waals surface area contributed by atoms with Gasteiger partial charge in [0.05, 0.1) is 18.3 Å². The molecule has 2 N–H and O–H groups in total. The molecular weight excluding hydrogens is 501 g/mol. The van der Waals surface area contributed by atoms with Gasteiger partial charge in [0.1, 0.15) is 9.88 Å². The highest BCUT2D eigenvalue weighted by Gasteiger charge is 2.20. The molecule has 2 rings (SSSR count). The van der Waals surface area contributed by atoms with Crippen LogP contribution in [0, 0.1) is 12.8 Å². The molecule has 166 valence electrons. The molecule has 0 aliphatic carbocycles. The summed E-state index contributed by atoms with van der Waals surface area (Å²) >= 11 is 1.39. The van der Waals surface area contributed by atoms with E-state index < -0.39 is 0 Å². The Balaban J connectivity index is 0.00000420. The summed E-state index contributed by atoms with van der Waals surface area (Å²) in [6.45, 7) is 12.1. The molecule has 1 aliphatic heterocycles. The first-order chi connectivity index (χ1) is 13.4. The highest BCUT2D eigenvalue weighted by Crippen LogP contribution is 2.24. The van der Waals surface area contributed by atoms with E-state index in [4.69, 9.17) is 9.73 Å². The molecule has 0 bridgehead atoms. The van der Waals surface area contributed by atoms with Gasteiger partial charge in [-0.15, -0.1) is 35.3 Å². The number of aliphatic imine (C=N–C) groups is 1. The van der Waals surface area contributed by atoms with Crippen LogP contribution < -0.4 is 10.6 Å². The van der Waals surface area contributed by atoms with Crippen LogP contribution in [0.4, 0.5) is 0 Å². The third kappa shape index (κ3) is 8.37. The van der Waals surface area contributed by atoms with Crippen LogP contribution >= 0.6 is 35.3 Å². The van der Waals surface area contributed by atoms with Crippen molar-refractivity contribution in [1.29, 1.82) is 0 Å². The number of piperidine rings is 1. The zero-order valence-corrected chi connectivity index (χ0v) is 21.4. The Bertz CT molecular complexity index is 659. The molecule has 2 heterocycles. The second kappa shape index (κ2) is 13.4. The van der Waals surface area contributed by atoms with E-state index in [1.807, 2.05) is 20.8 Å². The lowest BCUT2D eigenvalue weighted by Crippen LogP contribution is -2.39. The van der Waals surface area contributed by atoms with Gasteiger partial charge in [0.25, 0.3) is 0 Å². The topological polar surface area (TPSA) is 78.9 Å². The normalized spacial score (nSPS) is 16.8. The van der Waals surface area contributed by atoms with Crippen LogP contribution in [-0.4, -0.2) is 61.6 Å². The van der Waals surface area contributed by atoms with Gasteiger partial charge >= 0.3 is 5.97 Å². The van der Waals surface area contributed by atoms with Crippen LogP contribution in [0.1, 0.15) is 66.4 Å². The Morgan fingerprint density at radius 3 is 2.69 bits per heavy atom. The fourth-order valence-corrected chi connectivity index (χ4v) is 4.25. The van der Waals surface area contributed by atoms with Crippen LogP contribution in [0.5, 0.6) is 0 Å². The first-order valence-corrected chi connectivity index (χ1v) is 11.1. The van der Waals surface area contributed by atoms with E-state index in [9.17, 15) is 4.79 Å². The van der Waals surface area contributed by atoms with Crippen molar-refractivity contribution in [1.82, 2.24) is 20.5 Å². The molecular formula is C20H36IN5O2S. The van der Waals surface area contributed by atoms with Crippen LogP contribution in [0.15, 0.2) is 4.99 Å². The quantitative estimate of drug-likeness (QED) is 0.229. The zero-order chi connectivity index (χ0) is 20.5. The first-order valence-electron chi connectivity index (χ1n) is 10.3. The molecule has 0 spiro atoms. The molecule has 1 aliphatic rings. The number of nitrogens with one attached hydrogen (secondary N) is 2. The maximum absolute atomic E-state index is 12.0. The van der Waals surface area contributed by atoms with Crippen LogP contribution in [-0.2, 0) is 4.74 Å². The second-order valence-electron chi connectivity index (χ2n) is 7.35. The summed E-state index contributed by atoms with van der Waals surface area (Å²) < 4.78 is 5.11. The van der Waals surface area contributed by atoms with E-state index in [1.165, 1.54) is 37.3 Å². The molecule has 0 aromatic carbocycles. The largest absolute Gasteiger partial charge is 0.462 e. The maximum atomic E-state index is 12.0. The molecule has 1 aromatic rings. The van der Waals surface area contributed by atoms with Gasteiger partial charge in [-0.3, -0.25) is 4.99 Å². The van der Waals surface area contributed by atoms with E-state index in [0.29, 0.717) is 11.5 Å². The maximum Gasteiger partial charge on any atom is 0.350 e. The number of aryl methyl sites for hydroxylation is 1. The summed E-state index contributed by atoms with van der Waals surface area (Å²) in [7, 11) is 2.19. The van der Waals surface area contributed by atoms with Crippen molar-refractivity contribution in [3.63, 3.8) is 0 Å². The number of likely N-dealkylation sites (tertiary alicyclic amines) is 1. The van der Waals surface area contributed by atoms with Crippen LogP contribution in [0.3, 0.4) is 0 Å². The highest BCUT2D eigenvalue weighted by molar-refractivity contribution is 14.0. The van der Waals surface area contributed by atoms with Crippen molar-refractivity contribution in [3.05, 3.63) is 15.6 Å². The van der Waals surface area contributed by atoms with E-state index in [2.05, 4.69) is 34.5 Å². The molecule has 0 saturated carbocycles. The third-order valence-electron chi connectivity index (χ3n) is 4.99. The zero-order valence-electron chi connectivity index (χ0n) is 18.3. The summed E-state index contributed by atoms with van der Waals surface area (Å²) in [5.41, 5.74) is 0.719. The standard InChI is InChI=1S/C20H35N5O2S.HI/c1-6-21-20(22-11-8-16-9-12-25(5)13-10-16)24-15(4)18-23-14(3)17(28-18)19(26)27-7-2;/h15-16H,6-13H2,1-5H3,(H2,21,22,24);1H. The third-order valence-corrected chi connectivity index (χ3v) is 6.31. The lowest BCUT2D eigenvalue weighted by molar-refractivity contribution is 0.0531. The number of hydrogen-bond acceptors (Lipinski definition) is 6. The molecule has 1 atom stereocenters. The average Bonchev–Trinajstić information content (AvgIpc) is 3.06. The summed E-state index contributed by atoms with van der Waals surface area (Å²) in [6.07, 6.45) is 3.66. The molecule has 29 heavy (non-hydrogen) atoms. The Labute approximate surface area is 196 Å². The minimum absolute atomic E-state index is 0. The van der Waals surface area contributed by atoms with E-state index in [-0.39, 0.29) is 36.0 Å². The number of nitrogens with zero attached hydrogens (tertiary/aromatic N) is 3. The smallest absolute Gasteiger partial charge is 0.350 e. The van der Waals surface area contributed by atoms with Crippen molar-refractivity contribution < 1.29 is 9.53 Å². The molecule has 7 nitrogen and oxygen atoms in total. The number of rotatable bonds is 8. The fourth-order valence-electron chi connectivity index (χ4n) is 3.29. The first kappa shape index (κ1) is 26.1. The van der Waals surface area contributed by atoms with Gasteiger partial charge in [0.2, 0.25) is 0 Å². The summed E-state index contributed by atoms with van der Waals surface area (Å²) in [5.74, 6) is 1.28. The molecule has 1 saturated heterocycles. The molecule has 9 heteroatoms. The number of carbonyl (C=O) groups is 1. The monoisotopic (exact) mass is 537 g/mol. The number of thiazole rings is 1. The fraction of sp³-hybridized carbons (Fsp3) is 0.750. The van der Waals surface area contributed by atoms with Gasteiger partial charge in [0.15, 0.2) is 5.96 Å². The Morgan fingerprint density at radius 2 is 2.07 bits per heavy atom. The van der Waals surface area contributed by atoms with Gasteiger partial charge in [-0.25, -0.2) is 9.78 Å². The molecule has 1 aromatic heterocycles. The van der Waals surface area contributed by atoms with Crippen molar-refractivity contribution in [3.8, 4) is 0 Å². The van der Waals surface area contributed by atoms with Crippen molar-refractivity contribution in [2.45, 2.75) is 53.0 Å². The lowest BCUT2D eigenvalue weighted by atomic mass is 9.94. The van der Waals surface area contributed by atoms with E-state index in [1.54, 1.807) is 0 Å². The van der Waals surface area contributed by atoms with Crippen LogP contribution in [0.25, 0.3) is 0 Å². The van der Waals surface area contributed by atoms with Crippen molar-refractivity contribution >= 4 is 47.2 Å². The Kier molecular flexibility index (Phi) is 12.0. The second-order valence-corrected chi connectivity index (χ2v) is 8.38. The summed E-state index contributed by atoms with van der Waals surface area (Å²) in [6, 6.07) is -0.0343. The molecule has 0 radical (unpaired) electrons. The number of halogens is 1. The predicted molar refractivity (Wildman–Crippen MR) is 131 cm³/mol. The van der Waals surface area contributed by atoms with Gasteiger partial charge in [-0.1, -0.05) is 0 Å². The van der Waals surface area contributed by atoms with Crippen LogP contribution in [0.2, 0.25) is 0 Å². The van der Waals surface area contributed by atoms with Gasteiger partial charge < -0.3 is 20.3 Å². The van der Waals surface area contributed by atoms with Gasteiger partial charge in [0, 0.05) is 13.1 Å². The van der Waals surface area contributed by atoms with Crippen molar-refractivity contribution in [2.24, 2.45) is 10.9 Å². The van der Waals surface area contributed by atoms with Gasteiger partial charge in [-0.2, -0.15) is 0 Å². The molecule has 1 fully saturated rings. The van der Waals surface area contributed by atoms with Gasteiger partial charge in [-0.05, 0) is 73.0 Å². The summed E-state index contributed by atoms with van der Waals surface area (Å²) in [5, 5.41) is 7.59. The minimum Gasteiger partial charge on any atom is -0.462 e. The Hall–Kier alpha value is -0.940. The minimum atomic E-state index is -0.297. The Morgan fingerprint density at radius 1 is 1.38 bits per heavy atom. The number of ether oxygens (including phenoxy) is 1.